The van der Waals surface area contributed by atoms with E-state index in [0.717, 1.165) is 22.0 Å². The highest BCUT2D eigenvalue weighted by Crippen LogP contribution is 2.29. The summed E-state index contributed by atoms with van der Waals surface area (Å²) in [6.07, 6.45) is 0. The zero-order chi connectivity index (χ0) is 17.2. The molecule has 25 heavy (non-hydrogen) atoms. The number of nitrogens with zero attached hydrogens (tertiary/aromatic N) is 1. The number of anilines is 1. The molecule has 1 heterocycles. The first-order valence-corrected chi connectivity index (χ1v) is 8.26. The third-order valence-electron chi connectivity index (χ3n) is 4.46. The normalized spacial score (nSPS) is 10.9. The van der Waals surface area contributed by atoms with Gasteiger partial charge in [0.1, 0.15) is 0 Å². The minimum absolute atomic E-state index is 0.0637. The van der Waals surface area contributed by atoms with Crippen LogP contribution >= 0.6 is 0 Å². The van der Waals surface area contributed by atoms with Gasteiger partial charge in [0.2, 0.25) is 0 Å². The Bertz CT molecular complexity index is 1080. The minimum atomic E-state index is -0.0637. The standard InChI is InChI=1S/C22H18N2O/c23-21-18-13-7-8-14-19(18)24(15-16-9-3-1-4-10-16)22(25)20(21)17-11-5-2-6-12-17/h1-14H,15,23H2. The van der Waals surface area contributed by atoms with Gasteiger partial charge in [-0.3, -0.25) is 4.79 Å². The summed E-state index contributed by atoms with van der Waals surface area (Å²) in [4.78, 5) is 13.3. The topological polar surface area (TPSA) is 48.0 Å². The predicted molar refractivity (Wildman–Crippen MR) is 104 cm³/mol. The molecular formula is C22H18N2O. The lowest BCUT2D eigenvalue weighted by Crippen LogP contribution is -2.24. The third-order valence-corrected chi connectivity index (χ3v) is 4.46. The second kappa shape index (κ2) is 6.29. The van der Waals surface area contributed by atoms with Gasteiger partial charge in [-0.25, -0.2) is 0 Å². The highest BCUT2D eigenvalue weighted by molar-refractivity contribution is 5.98. The first-order valence-electron chi connectivity index (χ1n) is 8.26. The van der Waals surface area contributed by atoms with Gasteiger partial charge in [0.05, 0.1) is 23.3 Å². The van der Waals surface area contributed by atoms with Crippen LogP contribution in [0.1, 0.15) is 5.56 Å². The van der Waals surface area contributed by atoms with E-state index in [1.807, 2.05) is 89.5 Å². The SMILES string of the molecule is Nc1c(-c2ccccc2)c(=O)n(Cc2ccccc2)c2ccccc12. The molecule has 0 spiro atoms. The van der Waals surface area contributed by atoms with Gasteiger partial charge < -0.3 is 10.3 Å². The van der Waals surface area contributed by atoms with Crippen molar-refractivity contribution in [2.75, 3.05) is 5.73 Å². The summed E-state index contributed by atoms with van der Waals surface area (Å²) in [5.74, 6) is 0. The van der Waals surface area contributed by atoms with Crippen LogP contribution in [0.5, 0.6) is 0 Å². The maximum atomic E-state index is 13.3. The van der Waals surface area contributed by atoms with Crippen LogP contribution in [0, 0.1) is 0 Å². The molecular weight excluding hydrogens is 308 g/mol. The second-order valence-corrected chi connectivity index (χ2v) is 6.05. The zero-order valence-corrected chi connectivity index (χ0v) is 13.7. The van der Waals surface area contributed by atoms with Crippen LogP contribution in [0.3, 0.4) is 0 Å². The second-order valence-electron chi connectivity index (χ2n) is 6.05. The van der Waals surface area contributed by atoms with E-state index in [1.54, 1.807) is 0 Å². The summed E-state index contributed by atoms with van der Waals surface area (Å²) in [5, 5.41) is 0.900. The molecule has 3 nitrogen and oxygen atoms in total. The van der Waals surface area contributed by atoms with Crippen LogP contribution in [0.15, 0.2) is 89.7 Å². The van der Waals surface area contributed by atoms with E-state index >= 15 is 0 Å². The average molecular weight is 326 g/mol. The smallest absolute Gasteiger partial charge is 0.261 e. The van der Waals surface area contributed by atoms with Crippen molar-refractivity contribution in [2.45, 2.75) is 6.54 Å². The predicted octanol–water partition coefficient (Wildman–Crippen LogP) is 4.30. The molecule has 0 amide bonds. The lowest BCUT2D eigenvalue weighted by molar-refractivity contribution is 0.797. The number of para-hydroxylation sites is 1. The molecule has 0 atom stereocenters. The van der Waals surface area contributed by atoms with E-state index in [2.05, 4.69) is 0 Å². The Hall–Kier alpha value is -3.33. The fraction of sp³-hybridized carbons (Fsp3) is 0.0455. The van der Waals surface area contributed by atoms with Crippen molar-refractivity contribution in [1.29, 1.82) is 0 Å². The van der Waals surface area contributed by atoms with Gasteiger partial charge in [-0.15, -0.1) is 0 Å². The van der Waals surface area contributed by atoms with E-state index in [1.165, 1.54) is 0 Å². The van der Waals surface area contributed by atoms with Crippen molar-refractivity contribution in [1.82, 2.24) is 4.57 Å². The Balaban J connectivity index is 2.03. The number of aromatic nitrogens is 1. The van der Waals surface area contributed by atoms with Crippen LogP contribution < -0.4 is 11.3 Å². The molecule has 122 valence electrons. The van der Waals surface area contributed by atoms with Crippen LogP contribution in [0.4, 0.5) is 5.69 Å². The van der Waals surface area contributed by atoms with E-state index < -0.39 is 0 Å². The van der Waals surface area contributed by atoms with E-state index in [4.69, 9.17) is 5.73 Å². The molecule has 3 heteroatoms. The molecule has 4 aromatic rings. The number of hydrogen-bond donors (Lipinski definition) is 1. The number of pyridine rings is 1. The molecule has 0 saturated carbocycles. The first-order chi connectivity index (χ1) is 12.3. The van der Waals surface area contributed by atoms with Crippen molar-refractivity contribution in [3.63, 3.8) is 0 Å². The number of benzene rings is 3. The number of nitrogens with two attached hydrogens (primary N) is 1. The van der Waals surface area contributed by atoms with Crippen LogP contribution in [0.2, 0.25) is 0 Å². The van der Waals surface area contributed by atoms with Crippen molar-refractivity contribution in [2.24, 2.45) is 0 Å². The van der Waals surface area contributed by atoms with Crippen molar-refractivity contribution < 1.29 is 0 Å². The summed E-state index contributed by atoms with van der Waals surface area (Å²) < 4.78 is 1.81. The average Bonchev–Trinajstić information content (AvgIpc) is 2.67. The number of fused-ring (bicyclic) bond motifs is 1. The molecule has 2 N–H and O–H groups in total. The molecule has 0 bridgehead atoms. The zero-order valence-electron chi connectivity index (χ0n) is 13.7. The molecule has 0 aliphatic rings. The lowest BCUT2D eigenvalue weighted by Gasteiger charge is -2.16. The number of hydrogen-bond acceptors (Lipinski definition) is 2. The van der Waals surface area contributed by atoms with Gasteiger partial charge >= 0.3 is 0 Å². The van der Waals surface area contributed by atoms with Gasteiger partial charge in [-0.05, 0) is 17.2 Å². The molecule has 3 aromatic carbocycles. The molecule has 0 radical (unpaired) electrons. The Morgan fingerprint density at radius 2 is 1.36 bits per heavy atom. The molecule has 1 aromatic heterocycles. The van der Waals surface area contributed by atoms with Crippen LogP contribution in [-0.2, 0) is 6.54 Å². The largest absolute Gasteiger partial charge is 0.398 e. The molecule has 4 rings (SSSR count). The minimum Gasteiger partial charge on any atom is -0.398 e. The van der Waals surface area contributed by atoms with Crippen molar-refractivity contribution >= 4 is 16.6 Å². The van der Waals surface area contributed by atoms with Gasteiger partial charge in [0.25, 0.3) is 5.56 Å². The highest BCUT2D eigenvalue weighted by atomic mass is 16.1. The number of nitrogen functional groups attached to an aromatic ring is 1. The summed E-state index contributed by atoms with van der Waals surface area (Å²) >= 11 is 0. The lowest BCUT2D eigenvalue weighted by atomic mass is 10.0. The van der Waals surface area contributed by atoms with Gasteiger partial charge in [0, 0.05) is 5.39 Å². The van der Waals surface area contributed by atoms with Gasteiger partial charge in [-0.1, -0.05) is 78.9 Å². The Morgan fingerprint density at radius 3 is 2.08 bits per heavy atom. The maximum absolute atomic E-state index is 13.3. The molecule has 0 unspecified atom stereocenters. The Labute approximate surface area is 146 Å². The number of rotatable bonds is 3. The van der Waals surface area contributed by atoms with Crippen LogP contribution in [-0.4, -0.2) is 4.57 Å². The van der Waals surface area contributed by atoms with Crippen molar-refractivity contribution in [3.8, 4) is 11.1 Å². The molecule has 0 aliphatic heterocycles. The molecule has 0 fully saturated rings. The van der Waals surface area contributed by atoms with E-state index in [0.29, 0.717) is 17.8 Å². The van der Waals surface area contributed by atoms with E-state index in [-0.39, 0.29) is 5.56 Å². The summed E-state index contributed by atoms with van der Waals surface area (Å²) in [6, 6.07) is 27.4. The van der Waals surface area contributed by atoms with E-state index in [9.17, 15) is 4.79 Å². The highest BCUT2D eigenvalue weighted by Gasteiger charge is 2.16. The summed E-state index contributed by atoms with van der Waals surface area (Å²) in [6.45, 7) is 0.514. The molecule has 0 aliphatic carbocycles. The van der Waals surface area contributed by atoms with Gasteiger partial charge in [0.15, 0.2) is 0 Å². The maximum Gasteiger partial charge on any atom is 0.261 e. The van der Waals surface area contributed by atoms with Gasteiger partial charge in [-0.2, -0.15) is 0 Å². The Kier molecular flexibility index (Phi) is 3.82. The Morgan fingerprint density at radius 1 is 0.760 bits per heavy atom. The van der Waals surface area contributed by atoms with Crippen LogP contribution in [0.25, 0.3) is 22.0 Å². The quantitative estimate of drug-likeness (QED) is 0.610. The fourth-order valence-corrected chi connectivity index (χ4v) is 3.24. The third kappa shape index (κ3) is 2.70. The molecule has 0 saturated heterocycles. The summed E-state index contributed by atoms with van der Waals surface area (Å²) in [5.41, 5.74) is 10.2. The van der Waals surface area contributed by atoms with Crippen molar-refractivity contribution in [3.05, 3.63) is 101 Å². The fourth-order valence-electron chi connectivity index (χ4n) is 3.24. The summed E-state index contributed by atoms with van der Waals surface area (Å²) in [7, 11) is 0. The monoisotopic (exact) mass is 326 g/mol. The first kappa shape index (κ1) is 15.2.